The van der Waals surface area contributed by atoms with Crippen molar-refractivity contribution in [3.8, 4) is 11.5 Å². The molecule has 1 atom stereocenters. The van der Waals surface area contributed by atoms with Crippen LogP contribution in [0.4, 0.5) is 0 Å². The number of likely N-dealkylation sites (tertiary alicyclic amines) is 2. The quantitative estimate of drug-likeness (QED) is 0.701. The van der Waals surface area contributed by atoms with Crippen LogP contribution in [0.5, 0.6) is 0 Å². The van der Waals surface area contributed by atoms with Gasteiger partial charge in [0.25, 0.3) is 5.91 Å². The van der Waals surface area contributed by atoms with E-state index in [1.165, 1.54) is 0 Å². The second-order valence-corrected chi connectivity index (χ2v) is 7.82. The van der Waals surface area contributed by atoms with Crippen LogP contribution < -0.4 is 0 Å². The second-order valence-electron chi connectivity index (χ2n) is 7.82. The zero-order valence-electron chi connectivity index (χ0n) is 15.7. The lowest BCUT2D eigenvalue weighted by Crippen LogP contribution is -2.59. The summed E-state index contributed by atoms with van der Waals surface area (Å²) in [5, 5.41) is 8.53. The van der Waals surface area contributed by atoms with Crippen LogP contribution in [0.25, 0.3) is 11.5 Å². The Morgan fingerprint density at radius 1 is 1.07 bits per heavy atom. The largest absolute Gasteiger partial charge is 0.419 e. The lowest BCUT2D eigenvalue weighted by Gasteiger charge is -2.47. The number of pyridine rings is 1. The topological polar surface area (TPSA) is 75.4 Å². The Bertz CT molecular complexity index is 982. The van der Waals surface area contributed by atoms with Crippen molar-refractivity contribution in [3.63, 3.8) is 0 Å². The lowest BCUT2D eigenvalue weighted by molar-refractivity contribution is 0.0110. The molecule has 2 aliphatic rings. The van der Waals surface area contributed by atoms with E-state index in [0.717, 1.165) is 31.6 Å². The Balaban J connectivity index is 1.28. The van der Waals surface area contributed by atoms with Gasteiger partial charge in [-0.05, 0) is 37.7 Å². The molecular formula is C21H21N5O2. The number of carbonyl (C=O) groups is 1. The summed E-state index contributed by atoms with van der Waals surface area (Å²) >= 11 is 0. The Hall–Kier alpha value is -3.06. The number of hydrogen-bond donors (Lipinski definition) is 0. The smallest absolute Gasteiger partial charge is 0.272 e. The molecule has 2 aromatic heterocycles. The maximum atomic E-state index is 12.6. The summed E-state index contributed by atoms with van der Waals surface area (Å²) in [6.45, 7) is 2.39. The number of rotatable bonds is 3. The molecule has 0 bridgehead atoms. The number of benzene rings is 1. The number of hydrogen-bond acceptors (Lipinski definition) is 6. The Morgan fingerprint density at radius 3 is 2.61 bits per heavy atom. The van der Waals surface area contributed by atoms with Gasteiger partial charge in [-0.15, -0.1) is 10.2 Å². The summed E-state index contributed by atoms with van der Waals surface area (Å²) in [5.74, 6) is 1.19. The van der Waals surface area contributed by atoms with Crippen molar-refractivity contribution in [1.82, 2.24) is 25.0 Å². The normalized spacial score (nSPS) is 21.0. The van der Waals surface area contributed by atoms with Crippen molar-refractivity contribution in [3.05, 3.63) is 66.3 Å². The first-order valence-electron chi connectivity index (χ1n) is 9.43. The van der Waals surface area contributed by atoms with E-state index in [2.05, 4.69) is 27.1 Å². The fourth-order valence-corrected chi connectivity index (χ4v) is 4.40. The van der Waals surface area contributed by atoms with Gasteiger partial charge in [0, 0.05) is 36.8 Å². The zero-order valence-corrected chi connectivity index (χ0v) is 15.7. The summed E-state index contributed by atoms with van der Waals surface area (Å²) in [6, 6.07) is 15.3. The maximum Gasteiger partial charge on any atom is 0.272 e. The highest BCUT2D eigenvalue weighted by Crippen LogP contribution is 2.47. The van der Waals surface area contributed by atoms with E-state index in [-0.39, 0.29) is 17.4 Å². The lowest BCUT2D eigenvalue weighted by atomic mass is 9.77. The molecule has 0 radical (unpaired) electrons. The third-order valence-corrected chi connectivity index (χ3v) is 5.71. The molecule has 3 aromatic rings. The Kier molecular flexibility index (Phi) is 3.98. The third-order valence-electron chi connectivity index (χ3n) is 5.71. The number of amides is 1. The monoisotopic (exact) mass is 375 g/mol. The fourth-order valence-electron chi connectivity index (χ4n) is 4.40. The molecule has 28 heavy (non-hydrogen) atoms. The molecule has 2 fully saturated rings. The van der Waals surface area contributed by atoms with Crippen LogP contribution in [-0.2, 0) is 0 Å². The standard InChI is InChI=1S/C21H21N5O2/c1-25-12-21(13-26(14-21)20(27)16-9-5-6-10-22-16)11-17(25)19-24-23-18(28-19)15-7-3-2-4-8-15/h2-10,17H,11-14H2,1H3. The first-order valence-corrected chi connectivity index (χ1v) is 9.43. The molecule has 1 aromatic carbocycles. The van der Waals surface area contributed by atoms with Crippen molar-refractivity contribution < 1.29 is 9.21 Å². The molecule has 0 N–H and O–H groups in total. The number of aromatic nitrogens is 3. The molecule has 0 saturated carbocycles. The molecule has 7 heteroatoms. The van der Waals surface area contributed by atoms with Gasteiger partial charge in [-0.25, -0.2) is 0 Å². The highest BCUT2D eigenvalue weighted by molar-refractivity contribution is 5.92. The number of nitrogens with zero attached hydrogens (tertiary/aromatic N) is 5. The van der Waals surface area contributed by atoms with E-state index in [1.54, 1.807) is 12.3 Å². The highest BCUT2D eigenvalue weighted by Gasteiger charge is 2.53. The first kappa shape index (κ1) is 17.1. The predicted octanol–water partition coefficient (Wildman–Crippen LogP) is 2.65. The molecule has 4 heterocycles. The van der Waals surface area contributed by atoms with Gasteiger partial charge in [-0.1, -0.05) is 24.3 Å². The van der Waals surface area contributed by atoms with Crippen LogP contribution in [0.15, 0.2) is 59.1 Å². The molecule has 2 aliphatic heterocycles. The second kappa shape index (κ2) is 6.53. The van der Waals surface area contributed by atoms with Crippen LogP contribution >= 0.6 is 0 Å². The number of carbonyl (C=O) groups excluding carboxylic acids is 1. The summed E-state index contributed by atoms with van der Waals surface area (Å²) in [5.41, 5.74) is 1.52. The van der Waals surface area contributed by atoms with Crippen molar-refractivity contribution in [2.45, 2.75) is 12.5 Å². The minimum Gasteiger partial charge on any atom is -0.419 e. The van der Waals surface area contributed by atoms with Gasteiger partial charge >= 0.3 is 0 Å². The molecule has 1 amide bonds. The predicted molar refractivity (Wildman–Crippen MR) is 102 cm³/mol. The maximum absolute atomic E-state index is 12.6. The Morgan fingerprint density at radius 2 is 1.86 bits per heavy atom. The van der Waals surface area contributed by atoms with E-state index in [1.807, 2.05) is 47.4 Å². The van der Waals surface area contributed by atoms with Crippen molar-refractivity contribution >= 4 is 5.91 Å². The van der Waals surface area contributed by atoms with Crippen molar-refractivity contribution in [1.29, 1.82) is 0 Å². The fraction of sp³-hybridized carbons (Fsp3) is 0.333. The summed E-state index contributed by atoms with van der Waals surface area (Å²) < 4.78 is 5.98. The van der Waals surface area contributed by atoms with Gasteiger partial charge in [0.2, 0.25) is 11.8 Å². The van der Waals surface area contributed by atoms with Gasteiger partial charge in [-0.2, -0.15) is 0 Å². The van der Waals surface area contributed by atoms with Gasteiger partial charge < -0.3 is 9.32 Å². The van der Waals surface area contributed by atoms with E-state index < -0.39 is 0 Å². The van der Waals surface area contributed by atoms with Crippen LogP contribution in [0, 0.1) is 5.41 Å². The summed E-state index contributed by atoms with van der Waals surface area (Å²) in [4.78, 5) is 20.9. The van der Waals surface area contributed by atoms with Crippen LogP contribution in [0.1, 0.15) is 28.8 Å². The van der Waals surface area contributed by atoms with E-state index >= 15 is 0 Å². The molecule has 1 unspecified atom stereocenters. The average Bonchev–Trinajstić information content (AvgIpc) is 3.32. The minimum atomic E-state index is 0.00137. The molecule has 2 saturated heterocycles. The van der Waals surface area contributed by atoms with Crippen LogP contribution in [0.2, 0.25) is 0 Å². The van der Waals surface area contributed by atoms with Crippen molar-refractivity contribution in [2.24, 2.45) is 5.41 Å². The molecule has 0 aliphatic carbocycles. The molecule has 5 rings (SSSR count). The van der Waals surface area contributed by atoms with Gasteiger partial charge in [0.05, 0.1) is 6.04 Å². The zero-order chi connectivity index (χ0) is 19.1. The molecular weight excluding hydrogens is 354 g/mol. The van der Waals surface area contributed by atoms with Crippen molar-refractivity contribution in [2.75, 3.05) is 26.7 Å². The summed E-state index contributed by atoms with van der Waals surface area (Å²) in [7, 11) is 2.08. The van der Waals surface area contributed by atoms with Gasteiger partial charge in [0.15, 0.2) is 0 Å². The van der Waals surface area contributed by atoms with E-state index in [9.17, 15) is 4.79 Å². The molecule has 1 spiro atoms. The van der Waals surface area contributed by atoms with Crippen LogP contribution in [-0.4, -0.2) is 57.6 Å². The minimum absolute atomic E-state index is 0.00137. The van der Waals surface area contributed by atoms with Gasteiger partial charge in [-0.3, -0.25) is 14.7 Å². The third kappa shape index (κ3) is 2.88. The van der Waals surface area contributed by atoms with E-state index in [0.29, 0.717) is 17.5 Å². The average molecular weight is 375 g/mol. The SMILES string of the molecule is CN1CC2(CC1c1nnc(-c3ccccc3)o1)CN(C(=O)c1ccccn1)C2. The van der Waals surface area contributed by atoms with Crippen LogP contribution in [0.3, 0.4) is 0 Å². The highest BCUT2D eigenvalue weighted by atomic mass is 16.4. The molecule has 7 nitrogen and oxygen atoms in total. The van der Waals surface area contributed by atoms with E-state index in [4.69, 9.17) is 4.42 Å². The first-order chi connectivity index (χ1) is 13.6. The van der Waals surface area contributed by atoms with Gasteiger partial charge in [0.1, 0.15) is 5.69 Å². The summed E-state index contributed by atoms with van der Waals surface area (Å²) in [6.07, 6.45) is 2.56. The molecule has 142 valence electrons. The Labute approximate surface area is 163 Å².